The summed E-state index contributed by atoms with van der Waals surface area (Å²) in [5.41, 5.74) is 1.21. The highest BCUT2D eigenvalue weighted by atomic mass is 16.5. The highest BCUT2D eigenvalue weighted by molar-refractivity contribution is 5.02. The van der Waals surface area contributed by atoms with Crippen LogP contribution in [0.1, 0.15) is 18.4 Å². The molecule has 1 saturated carbocycles. The molecule has 4 nitrogen and oxygen atoms in total. The van der Waals surface area contributed by atoms with E-state index < -0.39 is 0 Å². The van der Waals surface area contributed by atoms with Gasteiger partial charge < -0.3 is 10.1 Å². The Bertz CT molecular complexity index is 241. The monoisotopic (exact) mass is 181 g/mol. The molecule has 13 heavy (non-hydrogen) atoms. The predicted molar refractivity (Wildman–Crippen MR) is 49.2 cm³/mol. The van der Waals surface area contributed by atoms with E-state index in [2.05, 4.69) is 15.5 Å². The first kappa shape index (κ1) is 8.72. The van der Waals surface area contributed by atoms with Gasteiger partial charge in [0.1, 0.15) is 0 Å². The van der Waals surface area contributed by atoms with Crippen LogP contribution in [0, 0.1) is 0 Å². The Morgan fingerprint density at radius 3 is 3.15 bits per heavy atom. The molecule has 0 radical (unpaired) electrons. The minimum atomic E-state index is 0.474. The Morgan fingerprint density at radius 2 is 2.54 bits per heavy atom. The van der Waals surface area contributed by atoms with Gasteiger partial charge in [0.25, 0.3) is 0 Å². The maximum Gasteiger partial charge on any atom is 0.0601 e. The van der Waals surface area contributed by atoms with Gasteiger partial charge in [0, 0.05) is 31.5 Å². The third-order valence-corrected chi connectivity index (χ3v) is 2.58. The summed E-state index contributed by atoms with van der Waals surface area (Å²) in [7, 11) is 1.77. The third-order valence-electron chi connectivity index (χ3n) is 2.58. The van der Waals surface area contributed by atoms with Crippen molar-refractivity contribution in [1.29, 1.82) is 0 Å². The van der Waals surface area contributed by atoms with Crippen LogP contribution in [0.5, 0.6) is 0 Å². The Balaban J connectivity index is 1.65. The molecule has 1 fully saturated rings. The van der Waals surface area contributed by atoms with E-state index in [-0.39, 0.29) is 0 Å². The van der Waals surface area contributed by atoms with Gasteiger partial charge in [-0.25, -0.2) is 0 Å². The second-order valence-electron chi connectivity index (χ2n) is 3.51. The summed E-state index contributed by atoms with van der Waals surface area (Å²) < 4.78 is 5.19. The van der Waals surface area contributed by atoms with E-state index in [1.807, 2.05) is 12.4 Å². The molecule has 0 aromatic carbocycles. The van der Waals surface area contributed by atoms with Crippen molar-refractivity contribution >= 4 is 0 Å². The van der Waals surface area contributed by atoms with Crippen molar-refractivity contribution in [3.63, 3.8) is 0 Å². The van der Waals surface area contributed by atoms with Gasteiger partial charge in [-0.15, -0.1) is 0 Å². The number of nitrogens with one attached hydrogen (secondary N) is 2. The van der Waals surface area contributed by atoms with E-state index in [0.717, 1.165) is 19.4 Å². The number of rotatable bonds is 4. The van der Waals surface area contributed by atoms with Crippen LogP contribution in [0.4, 0.5) is 0 Å². The molecule has 1 aromatic rings. The molecule has 2 N–H and O–H groups in total. The van der Waals surface area contributed by atoms with Crippen LogP contribution < -0.4 is 5.32 Å². The molecular weight excluding hydrogens is 166 g/mol. The highest BCUT2D eigenvalue weighted by Gasteiger charge is 2.28. The Hall–Kier alpha value is -0.870. The molecule has 0 spiro atoms. The fourth-order valence-electron chi connectivity index (χ4n) is 1.56. The fourth-order valence-corrected chi connectivity index (χ4v) is 1.56. The van der Waals surface area contributed by atoms with Gasteiger partial charge in [0.15, 0.2) is 0 Å². The van der Waals surface area contributed by atoms with Crippen molar-refractivity contribution in [2.75, 3.05) is 7.11 Å². The number of hydrogen-bond acceptors (Lipinski definition) is 3. The minimum Gasteiger partial charge on any atom is -0.381 e. The lowest BCUT2D eigenvalue weighted by Crippen LogP contribution is -2.44. The van der Waals surface area contributed by atoms with Crippen molar-refractivity contribution in [3.05, 3.63) is 18.0 Å². The number of aromatic nitrogens is 2. The summed E-state index contributed by atoms with van der Waals surface area (Å²) in [6.45, 7) is 0.900. The fraction of sp³-hybridized carbons (Fsp3) is 0.667. The van der Waals surface area contributed by atoms with Crippen LogP contribution in [0.25, 0.3) is 0 Å². The standard InChI is InChI=1S/C9H15N3O/c1-13-9-2-8(3-9)10-4-7-5-11-12-6-7/h5-6,8-10H,2-4H2,1H3,(H,11,12). The van der Waals surface area contributed by atoms with Crippen LogP contribution in [0.15, 0.2) is 12.4 Å². The number of aromatic amines is 1. The Labute approximate surface area is 77.7 Å². The van der Waals surface area contributed by atoms with Gasteiger partial charge >= 0.3 is 0 Å². The lowest BCUT2D eigenvalue weighted by Gasteiger charge is -2.34. The predicted octanol–water partition coefficient (Wildman–Crippen LogP) is 0.677. The first-order valence-corrected chi connectivity index (χ1v) is 4.62. The number of ether oxygens (including phenoxy) is 1. The lowest BCUT2D eigenvalue weighted by molar-refractivity contribution is 0.0170. The summed E-state index contributed by atoms with van der Waals surface area (Å²) in [5.74, 6) is 0. The van der Waals surface area contributed by atoms with Gasteiger partial charge in [0.05, 0.1) is 12.3 Å². The number of methoxy groups -OCH3 is 1. The molecule has 0 atom stereocenters. The van der Waals surface area contributed by atoms with Crippen LogP contribution in [-0.2, 0) is 11.3 Å². The van der Waals surface area contributed by atoms with Crippen LogP contribution in [0.2, 0.25) is 0 Å². The molecule has 4 heteroatoms. The largest absolute Gasteiger partial charge is 0.381 e. The van der Waals surface area contributed by atoms with Gasteiger partial charge in [-0.2, -0.15) is 5.10 Å². The summed E-state index contributed by atoms with van der Waals surface area (Å²) in [4.78, 5) is 0. The van der Waals surface area contributed by atoms with Gasteiger partial charge in [-0.3, -0.25) is 5.10 Å². The van der Waals surface area contributed by atoms with Gasteiger partial charge in [-0.05, 0) is 12.8 Å². The van der Waals surface area contributed by atoms with E-state index in [4.69, 9.17) is 4.74 Å². The zero-order chi connectivity index (χ0) is 9.10. The van der Waals surface area contributed by atoms with Gasteiger partial charge in [0.2, 0.25) is 0 Å². The normalized spacial score (nSPS) is 27.2. The topological polar surface area (TPSA) is 49.9 Å². The second kappa shape index (κ2) is 3.89. The summed E-state index contributed by atoms with van der Waals surface area (Å²) >= 11 is 0. The first-order chi connectivity index (χ1) is 6.38. The lowest BCUT2D eigenvalue weighted by atomic mass is 9.89. The number of hydrogen-bond donors (Lipinski definition) is 2. The molecule has 1 aromatic heterocycles. The average Bonchev–Trinajstić information content (AvgIpc) is 2.54. The molecule has 1 aliphatic rings. The molecule has 0 saturated heterocycles. The third kappa shape index (κ3) is 2.08. The van der Waals surface area contributed by atoms with Crippen molar-refractivity contribution in [2.45, 2.75) is 31.5 Å². The van der Waals surface area contributed by atoms with Gasteiger partial charge in [-0.1, -0.05) is 0 Å². The second-order valence-corrected chi connectivity index (χ2v) is 3.51. The van der Waals surface area contributed by atoms with E-state index in [1.54, 1.807) is 7.11 Å². The summed E-state index contributed by atoms with van der Waals surface area (Å²) in [5, 5.41) is 10.1. The Morgan fingerprint density at radius 1 is 1.69 bits per heavy atom. The van der Waals surface area contributed by atoms with E-state index >= 15 is 0 Å². The molecule has 0 aliphatic heterocycles. The number of H-pyrrole nitrogens is 1. The smallest absolute Gasteiger partial charge is 0.0601 e. The molecule has 0 unspecified atom stereocenters. The van der Waals surface area contributed by atoms with Crippen LogP contribution in [0.3, 0.4) is 0 Å². The first-order valence-electron chi connectivity index (χ1n) is 4.62. The summed E-state index contributed by atoms with van der Waals surface area (Å²) in [6.07, 6.45) is 6.50. The van der Waals surface area contributed by atoms with Crippen LogP contribution in [-0.4, -0.2) is 29.5 Å². The molecule has 2 rings (SSSR count). The molecule has 72 valence electrons. The van der Waals surface area contributed by atoms with Crippen molar-refractivity contribution in [2.24, 2.45) is 0 Å². The maximum atomic E-state index is 5.19. The maximum absolute atomic E-state index is 5.19. The van der Waals surface area contributed by atoms with Crippen LogP contribution >= 0.6 is 0 Å². The minimum absolute atomic E-state index is 0.474. The molecule has 1 heterocycles. The SMILES string of the molecule is COC1CC(NCc2cn[nH]c2)C1. The molecule has 0 bridgehead atoms. The van der Waals surface area contributed by atoms with E-state index in [1.165, 1.54) is 5.56 Å². The van der Waals surface area contributed by atoms with Crippen molar-refractivity contribution < 1.29 is 4.74 Å². The van der Waals surface area contributed by atoms with Crippen molar-refractivity contribution in [1.82, 2.24) is 15.5 Å². The molecule has 0 amide bonds. The summed E-state index contributed by atoms with van der Waals surface area (Å²) in [6, 6.07) is 0.625. The average molecular weight is 181 g/mol. The molecular formula is C9H15N3O. The quantitative estimate of drug-likeness (QED) is 0.718. The van der Waals surface area contributed by atoms with E-state index in [9.17, 15) is 0 Å². The number of nitrogens with zero attached hydrogens (tertiary/aromatic N) is 1. The Kier molecular flexibility index (Phi) is 2.61. The highest BCUT2D eigenvalue weighted by Crippen LogP contribution is 2.22. The zero-order valence-electron chi connectivity index (χ0n) is 7.79. The zero-order valence-corrected chi connectivity index (χ0v) is 7.79. The van der Waals surface area contributed by atoms with E-state index in [0.29, 0.717) is 12.1 Å². The van der Waals surface area contributed by atoms with Crippen molar-refractivity contribution in [3.8, 4) is 0 Å². The molecule has 1 aliphatic carbocycles.